The molecule has 0 aromatic heterocycles. The molecule has 7 heteroatoms. The van der Waals surface area contributed by atoms with E-state index in [-0.39, 0.29) is 12.8 Å². The first kappa shape index (κ1) is 13.9. The number of nitrogens with two attached hydrogens (primary N) is 4. The van der Waals surface area contributed by atoms with E-state index in [1.165, 1.54) is 24.3 Å². The monoisotopic (exact) mass is 282 g/mol. The van der Waals surface area contributed by atoms with Crippen LogP contribution in [-0.2, 0) is 9.84 Å². The van der Waals surface area contributed by atoms with Gasteiger partial charge in [-0.2, -0.15) is 0 Å². The zero-order chi connectivity index (χ0) is 14.3. The van der Waals surface area contributed by atoms with Crippen molar-refractivity contribution in [3.63, 3.8) is 0 Å². The van der Waals surface area contributed by atoms with E-state index in [2.05, 4.69) is 0 Å². The van der Waals surface area contributed by atoms with Gasteiger partial charge in [0.15, 0.2) is 9.84 Å². The van der Waals surface area contributed by atoms with Gasteiger partial charge in [-0.25, -0.2) is 8.42 Å². The normalized spacial score (nSPS) is 34.8. The summed E-state index contributed by atoms with van der Waals surface area (Å²) in [5.74, 6) is 0. The third-order valence-corrected chi connectivity index (χ3v) is 6.04. The van der Waals surface area contributed by atoms with Crippen molar-refractivity contribution in [3.05, 3.63) is 47.9 Å². The first-order valence-electron chi connectivity index (χ1n) is 5.82. The summed E-state index contributed by atoms with van der Waals surface area (Å²) in [6.45, 7) is 0. The van der Waals surface area contributed by atoms with Gasteiger partial charge >= 0.3 is 0 Å². The summed E-state index contributed by atoms with van der Waals surface area (Å²) in [7, 11) is -3.85. The van der Waals surface area contributed by atoms with Gasteiger partial charge < -0.3 is 22.9 Å². The lowest BCUT2D eigenvalue weighted by molar-refractivity contribution is 0.516. The summed E-state index contributed by atoms with van der Waals surface area (Å²) >= 11 is 0. The van der Waals surface area contributed by atoms with Crippen LogP contribution < -0.4 is 22.9 Å². The average Bonchev–Trinajstić information content (AvgIpc) is 2.36. The Balaban J connectivity index is 2.40. The lowest BCUT2D eigenvalue weighted by atomic mass is 10.1. The molecule has 19 heavy (non-hydrogen) atoms. The highest BCUT2D eigenvalue weighted by molar-refractivity contribution is 7.94. The molecule has 104 valence electrons. The molecule has 0 spiro atoms. The van der Waals surface area contributed by atoms with Crippen molar-refractivity contribution in [1.82, 2.24) is 0 Å². The maximum Gasteiger partial charge on any atom is 0.195 e. The van der Waals surface area contributed by atoms with Crippen LogP contribution >= 0.6 is 0 Å². The maximum atomic E-state index is 12.7. The molecule has 6 nitrogen and oxygen atoms in total. The molecule has 0 radical (unpaired) electrons. The van der Waals surface area contributed by atoms with Gasteiger partial charge in [0.05, 0.1) is 0 Å². The van der Waals surface area contributed by atoms with E-state index in [1.807, 2.05) is 0 Å². The van der Waals surface area contributed by atoms with Crippen molar-refractivity contribution < 1.29 is 8.42 Å². The minimum absolute atomic E-state index is 0.101. The van der Waals surface area contributed by atoms with E-state index in [0.717, 1.165) is 0 Å². The van der Waals surface area contributed by atoms with Crippen LogP contribution in [0.25, 0.3) is 0 Å². The van der Waals surface area contributed by atoms with Crippen molar-refractivity contribution in [1.29, 1.82) is 0 Å². The van der Waals surface area contributed by atoms with Crippen molar-refractivity contribution in [2.24, 2.45) is 22.9 Å². The van der Waals surface area contributed by atoms with Crippen LogP contribution in [-0.4, -0.2) is 18.2 Å². The first-order valence-corrected chi connectivity index (χ1v) is 7.30. The summed E-state index contributed by atoms with van der Waals surface area (Å²) in [5, 5.41) is 0. The molecule has 0 heterocycles. The van der Waals surface area contributed by atoms with E-state index in [9.17, 15) is 8.42 Å². The first-order chi connectivity index (χ1) is 8.70. The summed E-state index contributed by atoms with van der Waals surface area (Å²) in [5.41, 5.74) is 24.2. The lowest BCUT2D eigenvalue weighted by Gasteiger charge is -2.37. The Morgan fingerprint density at radius 3 is 1.53 bits per heavy atom. The summed E-state index contributed by atoms with van der Waals surface area (Å²) in [6.07, 6.45) is 9.12. The van der Waals surface area contributed by atoms with Gasteiger partial charge in [-0.1, -0.05) is 12.2 Å². The van der Waals surface area contributed by atoms with Crippen LogP contribution in [0.2, 0.25) is 0 Å². The van der Waals surface area contributed by atoms with Gasteiger partial charge in [0.1, 0.15) is 9.74 Å². The number of hydrogen-bond acceptors (Lipinski definition) is 6. The van der Waals surface area contributed by atoms with E-state index in [1.54, 1.807) is 12.2 Å². The number of allylic oxidation sites excluding steroid dienone is 2. The molecule has 0 saturated carbocycles. The summed E-state index contributed by atoms with van der Waals surface area (Å²) < 4.78 is 25.4. The molecule has 0 bridgehead atoms. The van der Waals surface area contributed by atoms with Crippen LogP contribution in [0.15, 0.2) is 47.9 Å². The second kappa shape index (κ2) is 4.22. The van der Waals surface area contributed by atoms with E-state index in [4.69, 9.17) is 22.9 Å². The summed E-state index contributed by atoms with van der Waals surface area (Å²) in [6, 6.07) is 0. The zero-order valence-electron chi connectivity index (χ0n) is 10.4. The van der Waals surface area contributed by atoms with Crippen LogP contribution in [0, 0.1) is 0 Å². The highest BCUT2D eigenvalue weighted by Crippen LogP contribution is 2.34. The standard InChI is InChI=1S/C12H18N4O2S/c13-9-1-5-11(15,6-2-9)19(17,18)12(16)7-3-10(14)4-8-12/h1-5,7H,6,8,13-16H2. The van der Waals surface area contributed by atoms with E-state index in [0.29, 0.717) is 11.4 Å². The average molecular weight is 282 g/mol. The third-order valence-electron chi connectivity index (χ3n) is 3.43. The molecule has 2 rings (SSSR count). The molecule has 2 atom stereocenters. The van der Waals surface area contributed by atoms with Crippen molar-refractivity contribution in [2.75, 3.05) is 0 Å². The molecule has 8 N–H and O–H groups in total. The summed E-state index contributed by atoms with van der Waals surface area (Å²) in [4.78, 5) is -3.09. The van der Waals surface area contributed by atoms with Crippen molar-refractivity contribution in [2.45, 2.75) is 22.6 Å². The molecule has 0 saturated heterocycles. The highest BCUT2D eigenvalue weighted by Gasteiger charge is 2.50. The van der Waals surface area contributed by atoms with Crippen molar-refractivity contribution in [3.8, 4) is 0 Å². The molecule has 0 fully saturated rings. The molecule has 0 aliphatic heterocycles. The largest absolute Gasteiger partial charge is 0.399 e. The van der Waals surface area contributed by atoms with Crippen molar-refractivity contribution >= 4 is 9.84 Å². The Morgan fingerprint density at radius 2 is 1.26 bits per heavy atom. The minimum atomic E-state index is -3.85. The van der Waals surface area contributed by atoms with Gasteiger partial charge in [0, 0.05) is 24.2 Å². The van der Waals surface area contributed by atoms with Gasteiger partial charge in [0.25, 0.3) is 0 Å². The Morgan fingerprint density at radius 1 is 0.895 bits per heavy atom. The third kappa shape index (κ3) is 2.09. The maximum absolute atomic E-state index is 12.7. The molecule has 0 aromatic carbocycles. The quantitative estimate of drug-likeness (QED) is 0.529. The van der Waals surface area contributed by atoms with Gasteiger partial charge in [-0.15, -0.1) is 0 Å². The van der Waals surface area contributed by atoms with Crippen LogP contribution in [0.5, 0.6) is 0 Å². The molecule has 2 unspecified atom stereocenters. The molecule has 2 aliphatic rings. The topological polar surface area (TPSA) is 138 Å². The van der Waals surface area contributed by atoms with E-state index < -0.39 is 19.6 Å². The number of rotatable bonds is 2. The molecular weight excluding hydrogens is 264 g/mol. The highest BCUT2D eigenvalue weighted by atomic mass is 32.2. The molecule has 0 aromatic rings. The predicted molar refractivity (Wildman–Crippen MR) is 74.8 cm³/mol. The second-order valence-electron chi connectivity index (χ2n) is 4.90. The minimum Gasteiger partial charge on any atom is -0.399 e. The van der Waals surface area contributed by atoms with Crippen LogP contribution in [0.3, 0.4) is 0 Å². The van der Waals surface area contributed by atoms with Crippen LogP contribution in [0.4, 0.5) is 0 Å². The SMILES string of the molecule is NC1=CCC(N)(S(=O)(=O)C2(N)C=CC(N)=CC2)C=C1. The smallest absolute Gasteiger partial charge is 0.195 e. The number of sulfone groups is 1. The van der Waals surface area contributed by atoms with Gasteiger partial charge in [-0.05, 0) is 24.3 Å². The molecule has 0 amide bonds. The van der Waals surface area contributed by atoms with Gasteiger partial charge in [0.2, 0.25) is 0 Å². The van der Waals surface area contributed by atoms with Gasteiger partial charge in [-0.3, -0.25) is 0 Å². The fraction of sp³-hybridized carbons (Fsp3) is 0.333. The molecule has 2 aliphatic carbocycles. The van der Waals surface area contributed by atoms with E-state index >= 15 is 0 Å². The second-order valence-corrected chi connectivity index (χ2v) is 7.42. The van der Waals surface area contributed by atoms with Crippen LogP contribution in [0.1, 0.15) is 12.8 Å². The fourth-order valence-corrected chi connectivity index (χ4v) is 3.86. The Labute approximate surface area is 112 Å². The molecular formula is C12H18N4O2S. The fourth-order valence-electron chi connectivity index (χ4n) is 2.05. The Bertz CT molecular complexity index is 570. The lowest BCUT2D eigenvalue weighted by Crippen LogP contribution is -2.60. The number of hydrogen-bond donors (Lipinski definition) is 4. The Hall–Kier alpha value is -1.57. The predicted octanol–water partition coefficient (Wildman–Crippen LogP) is -0.684. The Kier molecular flexibility index (Phi) is 3.08. The zero-order valence-corrected chi connectivity index (χ0v) is 11.2.